The summed E-state index contributed by atoms with van der Waals surface area (Å²) >= 11 is 0. The third-order valence-corrected chi connectivity index (χ3v) is 7.30. The normalized spacial score (nSPS) is 11.2. The number of carboxylic acids is 1. The molecule has 0 aliphatic rings. The van der Waals surface area contributed by atoms with E-state index in [2.05, 4.69) is 6.92 Å². The predicted molar refractivity (Wildman–Crippen MR) is 197 cm³/mol. The zero-order valence-corrected chi connectivity index (χ0v) is 31.4. The summed E-state index contributed by atoms with van der Waals surface area (Å²) in [5.41, 5.74) is 0.0334. The zero-order chi connectivity index (χ0) is 36.5. The van der Waals surface area contributed by atoms with Crippen molar-refractivity contribution in [1.82, 2.24) is 0 Å². The molecule has 0 saturated carbocycles. The molecule has 276 valence electrons. The van der Waals surface area contributed by atoms with Crippen LogP contribution in [0.15, 0.2) is 48.5 Å². The monoisotopic (exact) mass is 684 g/mol. The van der Waals surface area contributed by atoms with Crippen LogP contribution in [0.5, 0.6) is 11.5 Å². The third kappa shape index (κ3) is 23.4. The highest BCUT2D eigenvalue weighted by Gasteiger charge is 2.21. The first-order valence-corrected chi connectivity index (χ1v) is 18.3. The van der Waals surface area contributed by atoms with Gasteiger partial charge in [-0.2, -0.15) is 0 Å². The lowest BCUT2D eigenvalue weighted by atomic mass is 10.1. The van der Waals surface area contributed by atoms with Crippen molar-refractivity contribution in [3.05, 3.63) is 59.7 Å². The van der Waals surface area contributed by atoms with Crippen LogP contribution in [0.2, 0.25) is 0 Å². The average molecular weight is 685 g/mol. The standard InChI is InChI=1S/C21H32O5.C20H32O3/c1-21(2,3)26-20(24)17-12-14-18(15-13-17)25-16-10-8-6-4-5-7-9-11-19(22)23;1-5-6-7-8-9-10-13-16-22-18-15-12-11-14-17(18)19(21)23-20(2,3)4/h12-15H,4-11,16H2,1-3H3,(H,22,23);11-12,14-15H,5-10,13,16H2,1-4H3. The molecule has 0 amide bonds. The molecule has 2 aromatic carbocycles. The maximum atomic E-state index is 12.2. The van der Waals surface area contributed by atoms with Gasteiger partial charge in [0.15, 0.2) is 0 Å². The molecule has 0 saturated heterocycles. The van der Waals surface area contributed by atoms with E-state index >= 15 is 0 Å². The van der Waals surface area contributed by atoms with Gasteiger partial charge in [0.05, 0.1) is 18.8 Å². The van der Waals surface area contributed by atoms with E-state index in [-0.39, 0.29) is 18.4 Å². The maximum absolute atomic E-state index is 12.2. The Morgan fingerprint density at radius 2 is 1.04 bits per heavy atom. The highest BCUT2D eigenvalue weighted by Crippen LogP contribution is 2.22. The van der Waals surface area contributed by atoms with Crippen LogP contribution >= 0.6 is 0 Å². The quantitative estimate of drug-likeness (QED) is 0.0964. The number of carbonyl (C=O) groups excluding carboxylic acids is 2. The summed E-state index contributed by atoms with van der Waals surface area (Å²) in [7, 11) is 0. The summed E-state index contributed by atoms with van der Waals surface area (Å²) in [6, 6.07) is 14.3. The SMILES string of the molecule is CC(C)(C)OC(=O)c1ccc(OCCCCCCCCCC(=O)O)cc1.CCCCCCCCCOc1ccccc1C(=O)OC(C)(C)C. The van der Waals surface area contributed by atoms with Gasteiger partial charge in [0.2, 0.25) is 0 Å². The van der Waals surface area contributed by atoms with Gasteiger partial charge in [-0.1, -0.05) is 89.7 Å². The number of unbranched alkanes of at least 4 members (excludes halogenated alkanes) is 12. The topological polar surface area (TPSA) is 108 Å². The number of benzene rings is 2. The van der Waals surface area contributed by atoms with Crippen LogP contribution in [-0.2, 0) is 14.3 Å². The molecule has 8 nitrogen and oxygen atoms in total. The van der Waals surface area contributed by atoms with Gasteiger partial charge in [-0.05, 0) is 97.2 Å². The molecule has 0 aliphatic heterocycles. The molecule has 0 aromatic heterocycles. The molecule has 0 atom stereocenters. The fourth-order valence-corrected chi connectivity index (χ4v) is 4.81. The van der Waals surface area contributed by atoms with Gasteiger partial charge in [0.25, 0.3) is 0 Å². The van der Waals surface area contributed by atoms with E-state index in [9.17, 15) is 14.4 Å². The number of esters is 2. The number of rotatable bonds is 22. The molecule has 8 heteroatoms. The number of carbonyl (C=O) groups is 3. The van der Waals surface area contributed by atoms with Gasteiger partial charge in [-0.25, -0.2) is 9.59 Å². The Labute approximate surface area is 296 Å². The van der Waals surface area contributed by atoms with E-state index in [0.717, 1.165) is 57.1 Å². The number of ether oxygens (including phenoxy) is 4. The zero-order valence-electron chi connectivity index (χ0n) is 31.4. The van der Waals surface area contributed by atoms with Crippen LogP contribution in [-0.4, -0.2) is 47.4 Å². The second kappa shape index (κ2) is 24.6. The molecular formula is C41H64O8. The Kier molecular flexibility index (Phi) is 21.8. The van der Waals surface area contributed by atoms with E-state index in [4.69, 9.17) is 24.1 Å². The highest BCUT2D eigenvalue weighted by atomic mass is 16.6. The Balaban J connectivity index is 0.000000494. The van der Waals surface area contributed by atoms with Crippen LogP contribution in [0.3, 0.4) is 0 Å². The Morgan fingerprint density at radius 3 is 1.57 bits per heavy atom. The Hall–Kier alpha value is -3.55. The Morgan fingerprint density at radius 1 is 0.571 bits per heavy atom. The smallest absolute Gasteiger partial charge is 0.342 e. The summed E-state index contributed by atoms with van der Waals surface area (Å²) in [4.78, 5) is 34.5. The number of para-hydroxylation sites is 1. The minimum absolute atomic E-state index is 0.278. The van der Waals surface area contributed by atoms with Crippen molar-refractivity contribution in [2.75, 3.05) is 13.2 Å². The lowest BCUT2D eigenvalue weighted by molar-refractivity contribution is -0.137. The minimum Gasteiger partial charge on any atom is -0.494 e. The maximum Gasteiger partial charge on any atom is 0.342 e. The van der Waals surface area contributed by atoms with E-state index in [1.54, 1.807) is 30.3 Å². The second-order valence-corrected chi connectivity index (χ2v) is 14.5. The van der Waals surface area contributed by atoms with E-state index in [1.165, 1.54) is 38.5 Å². The largest absolute Gasteiger partial charge is 0.494 e. The van der Waals surface area contributed by atoms with Crippen molar-refractivity contribution >= 4 is 17.9 Å². The van der Waals surface area contributed by atoms with Gasteiger partial charge < -0.3 is 24.1 Å². The summed E-state index contributed by atoms with van der Waals surface area (Å²) in [6.07, 6.45) is 16.2. The fourth-order valence-electron chi connectivity index (χ4n) is 4.81. The molecular weight excluding hydrogens is 620 g/mol. The average Bonchev–Trinajstić information content (AvgIpc) is 3.02. The van der Waals surface area contributed by atoms with E-state index < -0.39 is 17.2 Å². The molecule has 0 unspecified atom stereocenters. The van der Waals surface area contributed by atoms with Gasteiger partial charge in [0.1, 0.15) is 28.3 Å². The van der Waals surface area contributed by atoms with Gasteiger partial charge >= 0.3 is 17.9 Å². The number of hydrogen-bond donors (Lipinski definition) is 1. The van der Waals surface area contributed by atoms with Crippen LogP contribution in [0, 0.1) is 0 Å². The van der Waals surface area contributed by atoms with Crippen LogP contribution in [0.25, 0.3) is 0 Å². The van der Waals surface area contributed by atoms with E-state index in [1.807, 2.05) is 59.7 Å². The van der Waals surface area contributed by atoms with Crippen molar-refractivity contribution in [3.63, 3.8) is 0 Å². The summed E-state index contributed by atoms with van der Waals surface area (Å²) in [5.74, 6) is 0.0139. The molecule has 0 aliphatic carbocycles. The van der Waals surface area contributed by atoms with Gasteiger partial charge in [-0.15, -0.1) is 0 Å². The molecule has 49 heavy (non-hydrogen) atoms. The Bertz CT molecular complexity index is 1190. The van der Waals surface area contributed by atoms with Crippen molar-refractivity contribution in [1.29, 1.82) is 0 Å². The fraction of sp³-hybridized carbons (Fsp3) is 0.634. The summed E-state index contributed by atoms with van der Waals surface area (Å²) < 4.78 is 22.3. The molecule has 2 rings (SSSR count). The van der Waals surface area contributed by atoms with Crippen molar-refractivity contribution in [2.24, 2.45) is 0 Å². The summed E-state index contributed by atoms with van der Waals surface area (Å²) in [5, 5.41) is 8.56. The number of carboxylic acid groups (broad SMARTS) is 1. The lowest BCUT2D eigenvalue weighted by Crippen LogP contribution is -2.24. The molecule has 0 spiro atoms. The van der Waals surface area contributed by atoms with Crippen LogP contribution in [0.1, 0.15) is 165 Å². The molecule has 0 radical (unpaired) electrons. The van der Waals surface area contributed by atoms with Crippen molar-refractivity contribution in [3.8, 4) is 11.5 Å². The van der Waals surface area contributed by atoms with Crippen LogP contribution < -0.4 is 9.47 Å². The molecule has 2 aromatic rings. The van der Waals surface area contributed by atoms with Gasteiger partial charge in [-0.3, -0.25) is 4.79 Å². The first-order valence-electron chi connectivity index (χ1n) is 18.3. The molecule has 1 N–H and O–H groups in total. The van der Waals surface area contributed by atoms with Crippen molar-refractivity contribution < 1.29 is 38.4 Å². The second-order valence-electron chi connectivity index (χ2n) is 14.5. The van der Waals surface area contributed by atoms with Crippen LogP contribution in [0.4, 0.5) is 0 Å². The first kappa shape index (κ1) is 43.5. The molecule has 0 fully saturated rings. The summed E-state index contributed by atoms with van der Waals surface area (Å²) in [6.45, 7) is 14.7. The molecule has 0 bridgehead atoms. The third-order valence-electron chi connectivity index (χ3n) is 7.30. The first-order chi connectivity index (χ1) is 23.2. The predicted octanol–water partition coefficient (Wildman–Crippen LogP) is 11.0. The highest BCUT2D eigenvalue weighted by molar-refractivity contribution is 5.92. The lowest BCUT2D eigenvalue weighted by Gasteiger charge is -2.20. The number of aliphatic carboxylic acids is 1. The molecule has 0 heterocycles. The van der Waals surface area contributed by atoms with Crippen molar-refractivity contribution in [2.45, 2.75) is 156 Å². The van der Waals surface area contributed by atoms with Gasteiger partial charge in [0, 0.05) is 6.42 Å². The van der Waals surface area contributed by atoms with E-state index in [0.29, 0.717) is 30.1 Å². The number of hydrogen-bond acceptors (Lipinski definition) is 7. The minimum atomic E-state index is -0.707.